The Kier molecular flexibility index (Phi) is 5.27. The molecule has 2 heterocycles. The van der Waals surface area contributed by atoms with Crippen molar-refractivity contribution < 1.29 is 14.7 Å². The lowest BCUT2D eigenvalue weighted by atomic mass is 10.1. The highest BCUT2D eigenvalue weighted by molar-refractivity contribution is 5.97. The molecule has 7 heteroatoms. The van der Waals surface area contributed by atoms with Gasteiger partial charge in [-0.2, -0.15) is 0 Å². The highest BCUT2D eigenvalue weighted by atomic mass is 16.3. The number of hydrogen-bond donors (Lipinski definition) is 3. The van der Waals surface area contributed by atoms with Crippen molar-refractivity contribution in [2.24, 2.45) is 5.92 Å². The molecule has 1 aromatic heterocycles. The lowest BCUT2D eigenvalue weighted by Gasteiger charge is -2.22. The fraction of sp³-hybridized carbons (Fsp3) is 0.526. The van der Waals surface area contributed by atoms with E-state index in [1.807, 2.05) is 32.9 Å². The molecule has 1 aliphatic rings. The molecule has 0 aliphatic carbocycles. The summed E-state index contributed by atoms with van der Waals surface area (Å²) in [6.45, 7) is 6.49. The summed E-state index contributed by atoms with van der Waals surface area (Å²) in [5.74, 6) is 0.537. The Bertz CT molecular complexity index is 814. The van der Waals surface area contributed by atoms with Crippen LogP contribution in [0.1, 0.15) is 42.9 Å². The standard InChI is InChI=1S/C19H26N4O3/c1-11(2)18(25)22-15-6-8-23(9-7-17(15)24)19(26)13-4-5-14-16(10-13)21-12(3)20-14/h4-5,10-11,15,17,24H,6-9H2,1-3H3,(H,20,21)(H,22,25)/t15-,17-/m0/s1. The van der Waals surface area contributed by atoms with E-state index >= 15 is 0 Å². The molecule has 3 N–H and O–H groups in total. The first-order chi connectivity index (χ1) is 12.3. The van der Waals surface area contributed by atoms with E-state index in [4.69, 9.17) is 0 Å². The predicted octanol–water partition coefficient (Wildman–Crippen LogP) is 1.61. The molecule has 1 aliphatic heterocycles. The van der Waals surface area contributed by atoms with Crippen molar-refractivity contribution in [1.82, 2.24) is 20.2 Å². The monoisotopic (exact) mass is 358 g/mol. The molecule has 140 valence electrons. The van der Waals surface area contributed by atoms with Gasteiger partial charge in [-0.25, -0.2) is 4.98 Å². The van der Waals surface area contributed by atoms with Gasteiger partial charge in [-0.15, -0.1) is 0 Å². The number of nitrogens with one attached hydrogen (secondary N) is 2. The van der Waals surface area contributed by atoms with E-state index in [1.54, 1.807) is 11.0 Å². The van der Waals surface area contributed by atoms with Crippen molar-refractivity contribution in [2.45, 2.75) is 45.8 Å². The number of fused-ring (bicyclic) bond motifs is 1. The van der Waals surface area contributed by atoms with Gasteiger partial charge in [0, 0.05) is 24.6 Å². The quantitative estimate of drug-likeness (QED) is 0.776. The number of benzene rings is 1. The fourth-order valence-corrected chi connectivity index (χ4v) is 3.26. The van der Waals surface area contributed by atoms with Crippen LogP contribution in [-0.2, 0) is 4.79 Å². The van der Waals surface area contributed by atoms with Gasteiger partial charge < -0.3 is 20.3 Å². The summed E-state index contributed by atoms with van der Waals surface area (Å²) in [5, 5.41) is 13.2. The molecule has 26 heavy (non-hydrogen) atoms. The van der Waals surface area contributed by atoms with Crippen molar-refractivity contribution in [3.05, 3.63) is 29.6 Å². The Morgan fingerprint density at radius 1 is 1.31 bits per heavy atom. The molecule has 1 fully saturated rings. The number of aromatic nitrogens is 2. The average molecular weight is 358 g/mol. The second kappa shape index (κ2) is 7.45. The van der Waals surface area contributed by atoms with Crippen LogP contribution >= 0.6 is 0 Å². The molecule has 2 amide bonds. The van der Waals surface area contributed by atoms with E-state index in [9.17, 15) is 14.7 Å². The molecule has 1 saturated heterocycles. The van der Waals surface area contributed by atoms with E-state index < -0.39 is 6.10 Å². The Balaban J connectivity index is 1.70. The largest absolute Gasteiger partial charge is 0.391 e. The summed E-state index contributed by atoms with van der Waals surface area (Å²) in [4.78, 5) is 34.0. The number of aryl methyl sites for hydroxylation is 1. The lowest BCUT2D eigenvalue weighted by Crippen LogP contribution is -2.44. The maximum Gasteiger partial charge on any atom is 0.253 e. The smallest absolute Gasteiger partial charge is 0.253 e. The van der Waals surface area contributed by atoms with Crippen molar-refractivity contribution in [3.63, 3.8) is 0 Å². The van der Waals surface area contributed by atoms with Crippen LogP contribution in [0, 0.1) is 12.8 Å². The maximum atomic E-state index is 12.9. The summed E-state index contributed by atoms with van der Waals surface area (Å²) in [7, 11) is 0. The molecule has 0 unspecified atom stereocenters. The number of carbonyl (C=O) groups excluding carboxylic acids is 2. The lowest BCUT2D eigenvalue weighted by molar-refractivity contribution is -0.125. The Morgan fingerprint density at radius 3 is 2.77 bits per heavy atom. The zero-order valence-corrected chi connectivity index (χ0v) is 15.5. The number of hydrogen-bond acceptors (Lipinski definition) is 4. The highest BCUT2D eigenvalue weighted by Gasteiger charge is 2.29. The third-order valence-corrected chi connectivity index (χ3v) is 4.86. The molecule has 7 nitrogen and oxygen atoms in total. The first-order valence-electron chi connectivity index (χ1n) is 9.09. The number of amides is 2. The van der Waals surface area contributed by atoms with Crippen LogP contribution in [0.5, 0.6) is 0 Å². The van der Waals surface area contributed by atoms with E-state index in [1.165, 1.54) is 0 Å². The van der Waals surface area contributed by atoms with Crippen molar-refractivity contribution in [2.75, 3.05) is 13.1 Å². The maximum absolute atomic E-state index is 12.9. The molecule has 0 spiro atoms. The SMILES string of the molecule is Cc1nc2ccc(C(=O)N3CC[C@H](NC(=O)C(C)C)[C@@H](O)CC3)cc2[nH]1. The van der Waals surface area contributed by atoms with Crippen molar-refractivity contribution in [3.8, 4) is 0 Å². The number of H-pyrrole nitrogens is 1. The van der Waals surface area contributed by atoms with Crippen LogP contribution in [0.3, 0.4) is 0 Å². The van der Waals surface area contributed by atoms with E-state index in [-0.39, 0.29) is 23.8 Å². The second-order valence-corrected chi connectivity index (χ2v) is 7.26. The van der Waals surface area contributed by atoms with E-state index in [0.29, 0.717) is 31.5 Å². The second-order valence-electron chi connectivity index (χ2n) is 7.26. The van der Waals surface area contributed by atoms with E-state index in [2.05, 4.69) is 15.3 Å². The van der Waals surface area contributed by atoms with Gasteiger partial charge in [0.2, 0.25) is 5.91 Å². The van der Waals surface area contributed by atoms with Gasteiger partial charge in [0.05, 0.1) is 23.2 Å². The van der Waals surface area contributed by atoms with Crippen LogP contribution < -0.4 is 5.32 Å². The summed E-state index contributed by atoms with van der Waals surface area (Å²) in [6, 6.07) is 5.12. The van der Waals surface area contributed by atoms with E-state index in [0.717, 1.165) is 16.9 Å². The first kappa shape index (κ1) is 18.4. The summed E-state index contributed by atoms with van der Waals surface area (Å²) < 4.78 is 0. The summed E-state index contributed by atoms with van der Waals surface area (Å²) in [5.41, 5.74) is 2.27. The Morgan fingerprint density at radius 2 is 2.04 bits per heavy atom. The molecule has 3 rings (SSSR count). The first-order valence-corrected chi connectivity index (χ1v) is 9.09. The third kappa shape index (κ3) is 3.88. The number of aliphatic hydroxyl groups excluding tert-OH is 1. The van der Waals surface area contributed by atoms with Gasteiger partial charge in [0.1, 0.15) is 5.82 Å². The van der Waals surface area contributed by atoms with Gasteiger partial charge in [-0.1, -0.05) is 13.8 Å². The molecule has 2 aromatic rings. The van der Waals surface area contributed by atoms with Gasteiger partial charge in [-0.3, -0.25) is 9.59 Å². The molecule has 0 bridgehead atoms. The summed E-state index contributed by atoms with van der Waals surface area (Å²) >= 11 is 0. The zero-order valence-electron chi connectivity index (χ0n) is 15.5. The Hall–Kier alpha value is -2.41. The van der Waals surface area contributed by atoms with Crippen LogP contribution in [0.15, 0.2) is 18.2 Å². The molecule has 0 saturated carbocycles. The molecule has 0 radical (unpaired) electrons. The number of rotatable bonds is 3. The van der Waals surface area contributed by atoms with Crippen LogP contribution in [0.4, 0.5) is 0 Å². The summed E-state index contributed by atoms with van der Waals surface area (Å²) in [6.07, 6.45) is 0.338. The number of aromatic amines is 1. The minimum atomic E-state index is -0.645. The number of aliphatic hydroxyl groups is 1. The highest BCUT2D eigenvalue weighted by Crippen LogP contribution is 2.18. The van der Waals surface area contributed by atoms with Crippen molar-refractivity contribution in [1.29, 1.82) is 0 Å². The topological polar surface area (TPSA) is 98.3 Å². The fourth-order valence-electron chi connectivity index (χ4n) is 3.26. The number of imidazole rings is 1. The minimum absolute atomic E-state index is 0.0674. The molecule has 1 aromatic carbocycles. The van der Waals surface area contributed by atoms with Gasteiger partial charge in [0.15, 0.2) is 0 Å². The molecule has 2 atom stereocenters. The number of nitrogens with zero attached hydrogens (tertiary/aromatic N) is 2. The van der Waals surface area contributed by atoms with Gasteiger partial charge in [-0.05, 0) is 38.0 Å². The third-order valence-electron chi connectivity index (χ3n) is 4.86. The zero-order chi connectivity index (χ0) is 18.8. The van der Waals surface area contributed by atoms with Gasteiger partial charge >= 0.3 is 0 Å². The molecular formula is C19H26N4O3. The molecular weight excluding hydrogens is 332 g/mol. The predicted molar refractivity (Wildman–Crippen MR) is 98.7 cm³/mol. The average Bonchev–Trinajstić information content (AvgIpc) is 2.88. The Labute approximate surface area is 152 Å². The van der Waals surface area contributed by atoms with Crippen LogP contribution in [0.2, 0.25) is 0 Å². The van der Waals surface area contributed by atoms with Gasteiger partial charge in [0.25, 0.3) is 5.91 Å². The number of carbonyl (C=O) groups is 2. The normalized spacial score (nSPS) is 21.0. The van der Waals surface area contributed by atoms with Crippen LogP contribution in [0.25, 0.3) is 11.0 Å². The number of likely N-dealkylation sites (tertiary alicyclic amines) is 1. The van der Waals surface area contributed by atoms with Crippen molar-refractivity contribution >= 4 is 22.8 Å². The van der Waals surface area contributed by atoms with Crippen LogP contribution in [-0.4, -0.2) is 57.0 Å². The minimum Gasteiger partial charge on any atom is -0.391 e.